The van der Waals surface area contributed by atoms with Crippen LogP contribution < -0.4 is 0 Å². The minimum atomic E-state index is -0.914. The maximum atomic E-state index is 11.6. The molecule has 0 amide bonds. The Bertz CT molecular complexity index is 406. The second-order valence-electron chi connectivity index (χ2n) is 3.30. The van der Waals surface area contributed by atoms with Crippen LogP contribution in [0.1, 0.15) is 4.88 Å². The lowest BCUT2D eigenvalue weighted by Crippen LogP contribution is -2.43. The Morgan fingerprint density at radius 2 is 2.62 bits per heavy atom. The van der Waals surface area contributed by atoms with Gasteiger partial charge in [-0.2, -0.15) is 0 Å². The number of ether oxygens (including phenoxy) is 2. The van der Waals surface area contributed by atoms with E-state index in [-0.39, 0.29) is 5.88 Å². The van der Waals surface area contributed by atoms with Gasteiger partial charge in [-0.15, -0.1) is 22.9 Å². The molecule has 0 aliphatic carbocycles. The molecular weight excluding hydrogens is 250 g/mol. The summed E-state index contributed by atoms with van der Waals surface area (Å²) in [6, 6.07) is 3.02. The number of carbonyl (C=O) groups excluding carboxylic acids is 1. The summed E-state index contributed by atoms with van der Waals surface area (Å²) < 4.78 is 10.2. The van der Waals surface area contributed by atoms with E-state index in [1.54, 1.807) is 0 Å². The quantitative estimate of drug-likeness (QED) is 0.614. The summed E-state index contributed by atoms with van der Waals surface area (Å²) in [5.41, 5.74) is -0.914. The van der Waals surface area contributed by atoms with Crippen LogP contribution in [0, 0.1) is 0 Å². The fourth-order valence-corrected chi connectivity index (χ4v) is 2.94. The zero-order chi connectivity index (χ0) is 11.6. The lowest BCUT2D eigenvalue weighted by Gasteiger charge is -2.28. The van der Waals surface area contributed by atoms with Crippen LogP contribution in [0.5, 0.6) is 0 Å². The van der Waals surface area contributed by atoms with Gasteiger partial charge in [0.15, 0.2) is 18.0 Å². The van der Waals surface area contributed by atoms with Crippen molar-refractivity contribution in [3.05, 3.63) is 22.4 Å². The molecule has 16 heavy (non-hydrogen) atoms. The summed E-state index contributed by atoms with van der Waals surface area (Å²) in [5.74, 6) is -0.296. The van der Waals surface area contributed by atoms with E-state index in [0.717, 1.165) is 4.88 Å². The van der Waals surface area contributed by atoms with Crippen molar-refractivity contribution in [2.45, 2.75) is 11.6 Å². The Morgan fingerprint density at radius 1 is 1.81 bits per heavy atom. The number of esters is 1. The summed E-state index contributed by atoms with van der Waals surface area (Å²) in [4.78, 5) is 16.5. The van der Waals surface area contributed by atoms with Crippen molar-refractivity contribution in [2.24, 2.45) is 4.99 Å². The van der Waals surface area contributed by atoms with Gasteiger partial charge in [-0.25, -0.2) is 9.79 Å². The first-order valence-corrected chi connectivity index (χ1v) is 6.03. The second kappa shape index (κ2) is 4.43. The molecule has 0 fully saturated rings. The van der Waals surface area contributed by atoms with Crippen LogP contribution in [-0.2, 0) is 19.9 Å². The minimum absolute atomic E-state index is 0.146. The molecule has 0 N–H and O–H groups in total. The summed E-state index contributed by atoms with van der Waals surface area (Å²) >= 11 is 7.42. The zero-order valence-electron chi connectivity index (χ0n) is 8.55. The van der Waals surface area contributed by atoms with Crippen molar-refractivity contribution in [3.8, 4) is 0 Å². The number of alkyl halides is 1. The largest absolute Gasteiger partial charge is 0.467 e. The molecule has 0 saturated heterocycles. The molecule has 4 nitrogen and oxygen atoms in total. The van der Waals surface area contributed by atoms with Crippen LogP contribution in [0.2, 0.25) is 0 Å². The van der Waals surface area contributed by atoms with E-state index >= 15 is 0 Å². The number of aliphatic imine (C=N–C) groups is 1. The number of rotatable bonds is 3. The average Bonchev–Trinajstić information content (AvgIpc) is 2.96. The minimum Gasteiger partial charge on any atom is -0.467 e. The van der Waals surface area contributed by atoms with Gasteiger partial charge in [-0.1, -0.05) is 6.07 Å². The predicted molar refractivity (Wildman–Crippen MR) is 62.1 cm³/mol. The molecule has 0 bridgehead atoms. The van der Waals surface area contributed by atoms with Crippen LogP contribution in [-0.4, -0.2) is 31.4 Å². The Morgan fingerprint density at radius 3 is 3.19 bits per heavy atom. The summed E-state index contributed by atoms with van der Waals surface area (Å²) in [6.45, 7) is 0. The fraction of sp³-hybridized carbons (Fsp3) is 0.400. The molecule has 0 spiro atoms. The zero-order valence-corrected chi connectivity index (χ0v) is 10.1. The first-order valence-electron chi connectivity index (χ1n) is 4.62. The lowest BCUT2D eigenvalue weighted by atomic mass is 9.95. The van der Waals surface area contributed by atoms with E-state index in [1.165, 1.54) is 24.8 Å². The van der Waals surface area contributed by atoms with E-state index in [0.29, 0.717) is 0 Å². The van der Waals surface area contributed by atoms with Gasteiger partial charge in [0.25, 0.3) is 0 Å². The second-order valence-corrected chi connectivity index (χ2v) is 4.51. The van der Waals surface area contributed by atoms with Gasteiger partial charge < -0.3 is 9.47 Å². The van der Waals surface area contributed by atoms with Crippen molar-refractivity contribution in [3.63, 3.8) is 0 Å². The monoisotopic (exact) mass is 259 g/mol. The van der Waals surface area contributed by atoms with Crippen molar-refractivity contribution in [2.75, 3.05) is 13.0 Å². The molecule has 1 aliphatic rings. The summed E-state index contributed by atoms with van der Waals surface area (Å²) in [6.07, 6.45) is 1.27. The van der Waals surface area contributed by atoms with E-state index < -0.39 is 17.6 Å². The van der Waals surface area contributed by atoms with E-state index in [4.69, 9.17) is 21.1 Å². The predicted octanol–water partition coefficient (Wildman–Crippen LogP) is 1.78. The third-order valence-electron chi connectivity index (χ3n) is 2.48. The van der Waals surface area contributed by atoms with Crippen molar-refractivity contribution in [1.29, 1.82) is 0 Å². The molecule has 86 valence electrons. The highest BCUT2D eigenvalue weighted by atomic mass is 35.5. The topological polar surface area (TPSA) is 47.9 Å². The van der Waals surface area contributed by atoms with Crippen molar-refractivity contribution < 1.29 is 14.3 Å². The highest BCUT2D eigenvalue weighted by Gasteiger charge is 2.50. The molecule has 2 atom stereocenters. The maximum absolute atomic E-state index is 11.6. The molecule has 1 aromatic heterocycles. The molecular formula is C10H10ClNO3S. The standard InChI is InChI=1S/C10H10ClNO3S/c1-14-9(13)8-10(5-11,15-6-12-8)7-3-2-4-16-7/h2-4,6,8H,5H2,1H3. The van der Waals surface area contributed by atoms with E-state index in [9.17, 15) is 4.79 Å². The number of thiophene rings is 1. The first-order chi connectivity index (χ1) is 7.74. The molecule has 2 rings (SSSR count). The fourth-order valence-electron chi connectivity index (χ4n) is 1.62. The molecule has 2 heterocycles. The first kappa shape index (κ1) is 11.4. The number of nitrogens with zero attached hydrogens (tertiary/aromatic N) is 1. The van der Waals surface area contributed by atoms with Gasteiger partial charge in [0.2, 0.25) is 0 Å². The van der Waals surface area contributed by atoms with Crippen LogP contribution in [0.15, 0.2) is 22.5 Å². The van der Waals surface area contributed by atoms with Crippen molar-refractivity contribution >= 4 is 35.3 Å². The highest BCUT2D eigenvalue weighted by molar-refractivity contribution is 7.10. The van der Waals surface area contributed by atoms with Crippen LogP contribution in [0.25, 0.3) is 0 Å². The van der Waals surface area contributed by atoms with Gasteiger partial charge in [-0.05, 0) is 11.4 Å². The molecule has 1 aliphatic heterocycles. The number of hydrogen-bond donors (Lipinski definition) is 0. The van der Waals surface area contributed by atoms with Crippen LogP contribution in [0.4, 0.5) is 0 Å². The summed E-state index contributed by atoms with van der Waals surface area (Å²) in [5, 5.41) is 1.90. The van der Waals surface area contributed by atoms with Crippen molar-refractivity contribution in [1.82, 2.24) is 0 Å². The molecule has 2 unspecified atom stereocenters. The Kier molecular flexibility index (Phi) is 3.16. The molecule has 0 radical (unpaired) electrons. The molecule has 1 aromatic rings. The van der Waals surface area contributed by atoms with Gasteiger partial charge in [-0.3, -0.25) is 0 Å². The Balaban J connectivity index is 2.38. The number of methoxy groups -OCH3 is 1. The van der Waals surface area contributed by atoms with Gasteiger partial charge in [0, 0.05) is 0 Å². The average molecular weight is 260 g/mol. The summed E-state index contributed by atoms with van der Waals surface area (Å²) in [7, 11) is 1.32. The molecule has 6 heteroatoms. The Hall–Kier alpha value is -1.07. The Labute approximate surface area is 102 Å². The third-order valence-corrected chi connectivity index (χ3v) is 3.90. The highest BCUT2D eigenvalue weighted by Crippen LogP contribution is 2.38. The molecule has 0 aromatic carbocycles. The van der Waals surface area contributed by atoms with Crippen LogP contribution in [0.3, 0.4) is 0 Å². The third kappa shape index (κ3) is 1.60. The smallest absolute Gasteiger partial charge is 0.335 e. The molecule has 0 saturated carbocycles. The number of carbonyl (C=O) groups is 1. The van der Waals surface area contributed by atoms with Crippen LogP contribution >= 0.6 is 22.9 Å². The number of halogens is 1. The van der Waals surface area contributed by atoms with E-state index in [1.807, 2.05) is 17.5 Å². The lowest BCUT2D eigenvalue weighted by molar-refractivity contribution is -0.146. The number of hydrogen-bond acceptors (Lipinski definition) is 5. The van der Waals surface area contributed by atoms with Gasteiger partial charge >= 0.3 is 5.97 Å². The maximum Gasteiger partial charge on any atom is 0.335 e. The van der Waals surface area contributed by atoms with E-state index in [2.05, 4.69) is 4.99 Å². The SMILES string of the molecule is COC(=O)C1N=COC1(CCl)c1cccs1. The van der Waals surface area contributed by atoms with Gasteiger partial charge in [0.05, 0.1) is 17.9 Å². The normalized spacial score (nSPS) is 27.8. The van der Waals surface area contributed by atoms with Gasteiger partial charge in [0.1, 0.15) is 0 Å².